The highest BCUT2D eigenvalue weighted by Crippen LogP contribution is 2.06. The Kier molecular flexibility index (Phi) is 1.82. The second kappa shape index (κ2) is 3.01. The molecule has 0 saturated carbocycles. The van der Waals surface area contributed by atoms with Gasteiger partial charge in [-0.25, -0.2) is 0 Å². The first-order chi connectivity index (χ1) is 7.11. The fourth-order valence-corrected chi connectivity index (χ4v) is 1.19. The maximum atomic E-state index is 11.4. The van der Waals surface area contributed by atoms with Crippen molar-refractivity contribution in [2.24, 2.45) is 0 Å². The van der Waals surface area contributed by atoms with Crippen LogP contribution in [0, 0.1) is 20.5 Å². The van der Waals surface area contributed by atoms with Gasteiger partial charge in [0.05, 0.1) is 9.77 Å². The molecule has 0 amide bonds. The van der Waals surface area contributed by atoms with E-state index in [4.69, 9.17) is 0 Å². The predicted molar refractivity (Wildman–Crippen MR) is 46.3 cm³/mol. The first-order valence-electron chi connectivity index (χ1n) is 3.88. The van der Waals surface area contributed by atoms with Crippen LogP contribution in [0.5, 0.6) is 0 Å². The number of nitrogens with zero attached hydrogens (tertiary/aromatic N) is 4. The van der Waals surface area contributed by atoms with Gasteiger partial charge in [-0.05, 0) is 0 Å². The van der Waals surface area contributed by atoms with E-state index in [0.717, 1.165) is 0 Å². The molecule has 1 heterocycles. The lowest BCUT2D eigenvalue weighted by atomic mass is 10.3. The third-order valence-corrected chi connectivity index (χ3v) is 1.83. The van der Waals surface area contributed by atoms with Gasteiger partial charge in [0.25, 0.3) is 0 Å². The van der Waals surface area contributed by atoms with Crippen molar-refractivity contribution in [2.45, 2.75) is 0 Å². The van der Waals surface area contributed by atoms with Gasteiger partial charge < -0.3 is 20.5 Å². The molecule has 0 aliphatic carbocycles. The van der Waals surface area contributed by atoms with Crippen molar-refractivity contribution in [1.29, 1.82) is 0 Å². The molecular weight excluding hydrogens is 204 g/mol. The Bertz CT molecular complexity index is 556. The largest absolute Gasteiger partial charge is 0.702 e. The summed E-state index contributed by atoms with van der Waals surface area (Å²) >= 11 is 0. The highest BCUT2D eigenvalue weighted by atomic mass is 16.6. The zero-order chi connectivity index (χ0) is 11.0. The SMILES string of the molecule is O=[N+]([O-])c1n[n+]([O-])c2ccccc2[n+]1[O-]. The fraction of sp³-hybridized carbons (Fsp3) is 0. The minimum atomic E-state index is -1.04. The predicted octanol–water partition coefficient (Wildman–Crippen LogP) is -0.590. The Morgan fingerprint density at radius 2 is 1.80 bits per heavy atom. The summed E-state index contributed by atoms with van der Waals surface area (Å²) in [6, 6.07) is 5.70. The Hall–Kier alpha value is -2.51. The van der Waals surface area contributed by atoms with Gasteiger partial charge in [0.2, 0.25) is 5.52 Å². The standard InChI is InChI=1S/C7H4N4O4/c12-9-5-3-1-2-4-6(5)10(13)8-7(9)11(14)15/h1-4H. The van der Waals surface area contributed by atoms with Gasteiger partial charge in [0, 0.05) is 12.1 Å². The van der Waals surface area contributed by atoms with Gasteiger partial charge >= 0.3 is 16.6 Å². The summed E-state index contributed by atoms with van der Waals surface area (Å²) in [5, 5.41) is 36.0. The zero-order valence-corrected chi connectivity index (χ0v) is 7.23. The van der Waals surface area contributed by atoms with Gasteiger partial charge in [-0.3, -0.25) is 0 Å². The number of benzene rings is 1. The van der Waals surface area contributed by atoms with Crippen molar-refractivity contribution < 1.29 is 14.5 Å². The molecule has 0 spiro atoms. The quantitative estimate of drug-likeness (QED) is 0.269. The lowest BCUT2D eigenvalue weighted by molar-refractivity contribution is -0.712. The van der Waals surface area contributed by atoms with E-state index in [1.165, 1.54) is 24.3 Å². The normalized spacial score (nSPS) is 10.4. The maximum Gasteiger partial charge on any atom is 0.702 e. The topological polar surface area (TPSA) is 110 Å². The lowest BCUT2D eigenvalue weighted by Gasteiger charge is -1.99. The second-order valence-electron chi connectivity index (χ2n) is 2.71. The first-order valence-corrected chi connectivity index (χ1v) is 3.88. The number of nitro groups is 1. The van der Waals surface area contributed by atoms with Crippen molar-refractivity contribution in [1.82, 2.24) is 5.10 Å². The van der Waals surface area contributed by atoms with Gasteiger partial charge in [0.15, 0.2) is 0 Å². The molecule has 0 unspecified atom stereocenters. The molecule has 2 aromatic rings. The van der Waals surface area contributed by atoms with Crippen LogP contribution in [0.4, 0.5) is 5.95 Å². The highest BCUT2D eigenvalue weighted by molar-refractivity contribution is 5.67. The van der Waals surface area contributed by atoms with Gasteiger partial charge in [-0.15, -0.1) is 4.73 Å². The molecule has 0 atom stereocenters. The zero-order valence-electron chi connectivity index (χ0n) is 7.23. The van der Waals surface area contributed by atoms with Crippen molar-refractivity contribution in [3.8, 4) is 0 Å². The highest BCUT2D eigenvalue weighted by Gasteiger charge is 2.32. The molecule has 0 fully saturated rings. The van der Waals surface area contributed by atoms with Crippen LogP contribution in [0.1, 0.15) is 0 Å². The summed E-state index contributed by atoms with van der Waals surface area (Å²) in [4.78, 5) is 9.44. The average molecular weight is 208 g/mol. The third kappa shape index (κ3) is 1.27. The average Bonchev–Trinajstić information content (AvgIpc) is 2.23. The van der Waals surface area contributed by atoms with E-state index in [0.29, 0.717) is 0 Å². The van der Waals surface area contributed by atoms with E-state index in [9.17, 15) is 20.5 Å². The summed E-state index contributed by atoms with van der Waals surface area (Å²) in [6.45, 7) is 0. The van der Waals surface area contributed by atoms with Crippen LogP contribution < -0.4 is 9.58 Å². The molecular formula is C7H4N4O4. The number of hydrogen-bond acceptors (Lipinski definition) is 5. The molecule has 0 bridgehead atoms. The minimum Gasteiger partial charge on any atom is -0.674 e. The molecule has 76 valence electrons. The van der Waals surface area contributed by atoms with Crippen LogP contribution >= 0.6 is 0 Å². The summed E-state index contributed by atoms with van der Waals surface area (Å²) in [6.07, 6.45) is 0. The number of fused-ring (bicyclic) bond motifs is 1. The Morgan fingerprint density at radius 1 is 1.20 bits per heavy atom. The molecule has 0 aliphatic rings. The number of aromatic nitrogens is 3. The minimum absolute atomic E-state index is 0.0156. The summed E-state index contributed by atoms with van der Waals surface area (Å²) < 4.78 is 0.0176. The van der Waals surface area contributed by atoms with E-state index in [2.05, 4.69) is 5.10 Å². The van der Waals surface area contributed by atoms with E-state index in [1.54, 1.807) is 0 Å². The molecule has 0 saturated heterocycles. The molecule has 0 N–H and O–H groups in total. The van der Waals surface area contributed by atoms with Crippen molar-refractivity contribution in [3.05, 3.63) is 44.8 Å². The van der Waals surface area contributed by atoms with Crippen molar-refractivity contribution in [2.75, 3.05) is 0 Å². The van der Waals surface area contributed by atoms with Gasteiger partial charge in [-0.2, -0.15) is 0 Å². The monoisotopic (exact) mass is 208 g/mol. The Balaban J connectivity index is 2.90. The number of rotatable bonds is 1. The van der Waals surface area contributed by atoms with Crippen LogP contribution in [0.25, 0.3) is 11.0 Å². The Morgan fingerprint density at radius 3 is 2.40 bits per heavy atom. The van der Waals surface area contributed by atoms with Crippen LogP contribution in [0.2, 0.25) is 0 Å². The first kappa shape index (κ1) is 9.06. The molecule has 0 aliphatic heterocycles. The third-order valence-electron chi connectivity index (χ3n) is 1.83. The molecule has 0 radical (unpaired) electrons. The summed E-state index contributed by atoms with van der Waals surface area (Å²) in [5.74, 6) is -1.04. The lowest BCUT2D eigenvalue weighted by Crippen LogP contribution is -2.43. The second-order valence-corrected chi connectivity index (χ2v) is 2.71. The maximum absolute atomic E-state index is 11.4. The summed E-state index contributed by atoms with van der Waals surface area (Å²) in [7, 11) is 0. The fourth-order valence-electron chi connectivity index (χ4n) is 1.19. The molecule has 1 aromatic carbocycles. The molecule has 1 aromatic heterocycles. The van der Waals surface area contributed by atoms with Crippen molar-refractivity contribution in [3.63, 3.8) is 0 Å². The van der Waals surface area contributed by atoms with E-state index in [-0.39, 0.29) is 20.6 Å². The molecule has 8 heteroatoms. The van der Waals surface area contributed by atoms with Crippen LogP contribution in [-0.4, -0.2) is 10.0 Å². The molecule has 8 nitrogen and oxygen atoms in total. The van der Waals surface area contributed by atoms with E-state index >= 15 is 0 Å². The van der Waals surface area contributed by atoms with E-state index < -0.39 is 10.9 Å². The number of para-hydroxylation sites is 2. The van der Waals surface area contributed by atoms with E-state index in [1.807, 2.05) is 0 Å². The van der Waals surface area contributed by atoms with Crippen molar-refractivity contribution >= 4 is 17.0 Å². The van der Waals surface area contributed by atoms with Crippen LogP contribution in [0.15, 0.2) is 24.3 Å². The molecule has 15 heavy (non-hydrogen) atoms. The van der Waals surface area contributed by atoms with Crippen LogP contribution in [-0.2, 0) is 0 Å². The molecule has 2 rings (SSSR count). The Labute approximate surface area is 82.3 Å². The van der Waals surface area contributed by atoms with Gasteiger partial charge in [-0.1, -0.05) is 12.1 Å². The van der Waals surface area contributed by atoms with Crippen LogP contribution in [0.3, 0.4) is 0 Å². The smallest absolute Gasteiger partial charge is 0.674 e. The van der Waals surface area contributed by atoms with Gasteiger partial charge in [0.1, 0.15) is 0 Å². The summed E-state index contributed by atoms with van der Waals surface area (Å²) in [5.41, 5.74) is -0.104. The number of hydrogen-bond donors (Lipinski definition) is 0.